The maximum atomic E-state index is 11.1. The van der Waals surface area contributed by atoms with E-state index in [0.29, 0.717) is 11.5 Å². The average molecular weight is 250 g/mol. The first-order valence-electron chi connectivity index (χ1n) is 5.82. The Morgan fingerprint density at radius 1 is 1.06 bits per heavy atom. The summed E-state index contributed by atoms with van der Waals surface area (Å²) in [6.45, 7) is 8.50. The molecule has 0 bridgehead atoms. The summed E-state index contributed by atoms with van der Waals surface area (Å²) in [6.07, 6.45) is 0. The monoisotopic (exact) mass is 250 g/mol. The normalized spacial score (nSPS) is 10.3. The van der Waals surface area contributed by atoms with Crippen LogP contribution in [0.25, 0.3) is 0 Å². The Hall–Kier alpha value is -1.84. The molecule has 1 aromatic carbocycles. The van der Waals surface area contributed by atoms with Gasteiger partial charge in [0.25, 0.3) is 0 Å². The van der Waals surface area contributed by atoms with Crippen molar-refractivity contribution in [2.45, 2.75) is 40.5 Å². The molecule has 98 valence electrons. The quantitative estimate of drug-likeness (QED) is 0.611. The van der Waals surface area contributed by atoms with Gasteiger partial charge in [0.1, 0.15) is 11.5 Å². The SMILES string of the molecule is CC(=O)Oc1cc(C)c(OC(C)=O)c(C(C)C)c1. The van der Waals surface area contributed by atoms with E-state index >= 15 is 0 Å². The third kappa shape index (κ3) is 3.58. The lowest BCUT2D eigenvalue weighted by molar-refractivity contribution is -0.133. The summed E-state index contributed by atoms with van der Waals surface area (Å²) in [5, 5.41) is 0. The largest absolute Gasteiger partial charge is 0.427 e. The minimum absolute atomic E-state index is 0.161. The number of hydrogen-bond acceptors (Lipinski definition) is 4. The van der Waals surface area contributed by atoms with Crippen molar-refractivity contribution in [3.8, 4) is 11.5 Å². The van der Waals surface area contributed by atoms with Gasteiger partial charge in [-0.15, -0.1) is 0 Å². The van der Waals surface area contributed by atoms with Crippen LogP contribution < -0.4 is 9.47 Å². The standard InChI is InChI=1S/C14H18O4/c1-8(2)13-7-12(17-10(4)15)6-9(3)14(13)18-11(5)16/h6-8H,1-5H3. The van der Waals surface area contributed by atoms with Gasteiger partial charge in [-0.2, -0.15) is 0 Å². The summed E-state index contributed by atoms with van der Waals surface area (Å²) in [7, 11) is 0. The molecule has 0 aliphatic carbocycles. The van der Waals surface area contributed by atoms with E-state index in [1.54, 1.807) is 12.1 Å². The lowest BCUT2D eigenvalue weighted by Crippen LogP contribution is -2.08. The molecule has 1 aromatic rings. The molecule has 0 fully saturated rings. The predicted molar refractivity (Wildman–Crippen MR) is 67.9 cm³/mol. The molecule has 0 saturated carbocycles. The molecular weight excluding hydrogens is 232 g/mol. The Morgan fingerprint density at radius 2 is 1.61 bits per heavy atom. The number of esters is 2. The average Bonchev–Trinajstić information content (AvgIpc) is 2.19. The smallest absolute Gasteiger partial charge is 0.308 e. The maximum Gasteiger partial charge on any atom is 0.308 e. The molecule has 0 aliphatic rings. The van der Waals surface area contributed by atoms with Crippen molar-refractivity contribution < 1.29 is 19.1 Å². The van der Waals surface area contributed by atoms with Crippen LogP contribution in [-0.4, -0.2) is 11.9 Å². The van der Waals surface area contributed by atoms with Crippen LogP contribution in [0.5, 0.6) is 11.5 Å². The summed E-state index contributed by atoms with van der Waals surface area (Å²) >= 11 is 0. The molecule has 0 aliphatic heterocycles. The molecule has 0 aromatic heterocycles. The summed E-state index contributed by atoms with van der Waals surface area (Å²) < 4.78 is 10.3. The molecular formula is C14H18O4. The zero-order valence-corrected chi connectivity index (χ0v) is 11.4. The zero-order valence-electron chi connectivity index (χ0n) is 11.4. The third-order valence-corrected chi connectivity index (χ3v) is 2.41. The van der Waals surface area contributed by atoms with Gasteiger partial charge in [0.2, 0.25) is 0 Å². The van der Waals surface area contributed by atoms with Crippen molar-refractivity contribution in [1.82, 2.24) is 0 Å². The van der Waals surface area contributed by atoms with Crippen molar-refractivity contribution in [1.29, 1.82) is 0 Å². The van der Waals surface area contributed by atoms with Crippen LogP contribution in [0.3, 0.4) is 0 Å². The topological polar surface area (TPSA) is 52.6 Å². The van der Waals surface area contributed by atoms with Crippen molar-refractivity contribution in [2.24, 2.45) is 0 Å². The fourth-order valence-corrected chi connectivity index (χ4v) is 1.70. The van der Waals surface area contributed by atoms with E-state index in [2.05, 4.69) is 0 Å². The van der Waals surface area contributed by atoms with E-state index in [1.807, 2.05) is 20.8 Å². The van der Waals surface area contributed by atoms with Crippen LogP contribution in [0.1, 0.15) is 44.7 Å². The second kappa shape index (κ2) is 5.67. The van der Waals surface area contributed by atoms with Gasteiger partial charge in [-0.05, 0) is 30.5 Å². The molecule has 1 rings (SSSR count). The molecule has 0 saturated heterocycles. The maximum absolute atomic E-state index is 11.1. The Morgan fingerprint density at radius 3 is 2.06 bits per heavy atom. The first-order valence-corrected chi connectivity index (χ1v) is 5.82. The number of ether oxygens (including phenoxy) is 2. The minimum Gasteiger partial charge on any atom is -0.427 e. The van der Waals surface area contributed by atoms with Gasteiger partial charge in [0, 0.05) is 19.4 Å². The molecule has 18 heavy (non-hydrogen) atoms. The molecule has 0 radical (unpaired) electrons. The Bertz CT molecular complexity index is 475. The highest BCUT2D eigenvalue weighted by atomic mass is 16.5. The number of rotatable bonds is 3. The molecule has 0 spiro atoms. The number of benzene rings is 1. The summed E-state index contributed by atoms with van der Waals surface area (Å²) in [5.41, 5.74) is 1.62. The molecule has 0 unspecified atom stereocenters. The first kappa shape index (κ1) is 14.2. The second-order valence-corrected chi connectivity index (χ2v) is 4.50. The van der Waals surface area contributed by atoms with Crippen LogP contribution in [0.4, 0.5) is 0 Å². The van der Waals surface area contributed by atoms with Gasteiger partial charge in [0.05, 0.1) is 0 Å². The zero-order chi connectivity index (χ0) is 13.9. The highest BCUT2D eigenvalue weighted by Crippen LogP contribution is 2.34. The molecule has 0 atom stereocenters. The van der Waals surface area contributed by atoms with Crippen LogP contribution in [-0.2, 0) is 9.59 Å². The summed E-state index contributed by atoms with van der Waals surface area (Å²) in [4.78, 5) is 22.1. The Balaban J connectivity index is 3.26. The van der Waals surface area contributed by atoms with Gasteiger partial charge >= 0.3 is 11.9 Å². The predicted octanol–water partition coefficient (Wildman–Crippen LogP) is 2.97. The van der Waals surface area contributed by atoms with E-state index in [4.69, 9.17) is 9.47 Å². The van der Waals surface area contributed by atoms with E-state index in [9.17, 15) is 9.59 Å². The number of carbonyl (C=O) groups is 2. The Kier molecular flexibility index (Phi) is 4.48. The minimum atomic E-state index is -0.371. The van der Waals surface area contributed by atoms with E-state index < -0.39 is 0 Å². The van der Waals surface area contributed by atoms with Gasteiger partial charge < -0.3 is 9.47 Å². The molecule has 0 amide bonds. The van der Waals surface area contributed by atoms with Crippen molar-refractivity contribution in [2.75, 3.05) is 0 Å². The molecule has 0 heterocycles. The Labute approximate surface area is 107 Å². The highest BCUT2D eigenvalue weighted by Gasteiger charge is 2.15. The van der Waals surface area contributed by atoms with E-state index in [1.165, 1.54) is 13.8 Å². The first-order chi connectivity index (χ1) is 8.31. The van der Waals surface area contributed by atoms with Crippen LogP contribution in [0.15, 0.2) is 12.1 Å². The highest BCUT2D eigenvalue weighted by molar-refractivity contribution is 5.72. The lowest BCUT2D eigenvalue weighted by Gasteiger charge is -2.16. The number of carbonyl (C=O) groups excluding carboxylic acids is 2. The van der Waals surface area contributed by atoms with Gasteiger partial charge in [0.15, 0.2) is 0 Å². The van der Waals surface area contributed by atoms with E-state index in [-0.39, 0.29) is 17.9 Å². The number of hydrogen-bond donors (Lipinski definition) is 0. The van der Waals surface area contributed by atoms with Crippen molar-refractivity contribution in [3.63, 3.8) is 0 Å². The second-order valence-electron chi connectivity index (χ2n) is 4.50. The fourth-order valence-electron chi connectivity index (χ4n) is 1.70. The summed E-state index contributed by atoms with van der Waals surface area (Å²) in [6, 6.07) is 3.42. The van der Waals surface area contributed by atoms with Crippen LogP contribution in [0, 0.1) is 6.92 Å². The van der Waals surface area contributed by atoms with Crippen LogP contribution in [0.2, 0.25) is 0 Å². The van der Waals surface area contributed by atoms with Crippen molar-refractivity contribution >= 4 is 11.9 Å². The van der Waals surface area contributed by atoms with Gasteiger partial charge in [-0.25, -0.2) is 0 Å². The molecule has 4 nitrogen and oxygen atoms in total. The summed E-state index contributed by atoms with van der Waals surface area (Å²) in [5.74, 6) is 0.450. The van der Waals surface area contributed by atoms with Gasteiger partial charge in [-0.3, -0.25) is 9.59 Å². The van der Waals surface area contributed by atoms with Crippen LogP contribution >= 0.6 is 0 Å². The molecule has 4 heteroatoms. The fraction of sp³-hybridized carbons (Fsp3) is 0.429. The van der Waals surface area contributed by atoms with E-state index in [0.717, 1.165) is 11.1 Å². The molecule has 0 N–H and O–H groups in total. The third-order valence-electron chi connectivity index (χ3n) is 2.41. The van der Waals surface area contributed by atoms with Gasteiger partial charge in [-0.1, -0.05) is 13.8 Å². The number of aryl methyl sites for hydroxylation is 1. The van der Waals surface area contributed by atoms with Crippen molar-refractivity contribution in [3.05, 3.63) is 23.3 Å². The lowest BCUT2D eigenvalue weighted by atomic mass is 9.99.